The molecule has 1 amide bonds. The predicted octanol–water partition coefficient (Wildman–Crippen LogP) is 5.85. The Hall–Kier alpha value is -4.25. The van der Waals surface area contributed by atoms with E-state index in [2.05, 4.69) is 21.4 Å². The number of para-hydroxylation sites is 1. The zero-order chi connectivity index (χ0) is 32.7. The highest BCUT2D eigenvalue weighted by Gasteiger charge is 2.15. The van der Waals surface area contributed by atoms with Gasteiger partial charge in [0.2, 0.25) is 10.0 Å². The molecule has 4 aromatic carbocycles. The van der Waals surface area contributed by atoms with Gasteiger partial charge in [0.15, 0.2) is 0 Å². The van der Waals surface area contributed by atoms with E-state index < -0.39 is 10.0 Å². The van der Waals surface area contributed by atoms with Crippen LogP contribution in [0.2, 0.25) is 0 Å². The monoisotopic (exact) mass is 640 g/mol. The van der Waals surface area contributed by atoms with E-state index in [1.165, 1.54) is 0 Å². The Morgan fingerprint density at radius 2 is 1.48 bits per heavy atom. The molecular weight excluding hydrogens is 597 g/mol. The van der Waals surface area contributed by atoms with Gasteiger partial charge >= 0.3 is 0 Å². The number of sulfonamides is 1. The minimum absolute atomic E-state index is 0.105. The number of nitrogens with zero attached hydrogens (tertiary/aromatic N) is 3. The maximum atomic E-state index is 13.0. The maximum absolute atomic E-state index is 13.0. The maximum Gasteiger partial charge on any atom is 0.251 e. The van der Waals surface area contributed by atoms with Crippen LogP contribution >= 0.6 is 0 Å². The summed E-state index contributed by atoms with van der Waals surface area (Å²) in [5.41, 5.74) is 4.31. The molecule has 1 aromatic heterocycles. The van der Waals surface area contributed by atoms with Crippen LogP contribution in [-0.4, -0.2) is 78.6 Å². The summed E-state index contributed by atoms with van der Waals surface area (Å²) in [6, 6.07) is 24.9. The van der Waals surface area contributed by atoms with Crippen LogP contribution in [0.1, 0.15) is 36.0 Å². The highest BCUT2D eigenvalue weighted by atomic mass is 32.2. The van der Waals surface area contributed by atoms with Gasteiger partial charge in [-0.2, -0.15) is 0 Å². The number of benzene rings is 4. The summed E-state index contributed by atoms with van der Waals surface area (Å²) in [6.07, 6.45) is 3.59. The lowest BCUT2D eigenvalue weighted by atomic mass is 10.0. The third-order valence-corrected chi connectivity index (χ3v) is 9.57. The van der Waals surface area contributed by atoms with Gasteiger partial charge in [-0.1, -0.05) is 49.2 Å². The third kappa shape index (κ3) is 7.93. The van der Waals surface area contributed by atoms with E-state index in [-0.39, 0.29) is 10.8 Å². The lowest BCUT2D eigenvalue weighted by molar-refractivity contribution is 0.0951. The van der Waals surface area contributed by atoms with E-state index in [0.29, 0.717) is 18.7 Å². The van der Waals surface area contributed by atoms with Gasteiger partial charge in [0, 0.05) is 67.7 Å². The molecule has 0 atom stereocenters. The topological polar surface area (TPSA) is 107 Å². The molecule has 0 saturated carbocycles. The first-order chi connectivity index (χ1) is 22.1. The van der Waals surface area contributed by atoms with Crippen molar-refractivity contribution >= 4 is 59.9 Å². The van der Waals surface area contributed by atoms with E-state index in [4.69, 9.17) is 4.98 Å². The Morgan fingerprint density at radius 1 is 0.739 bits per heavy atom. The quantitative estimate of drug-likeness (QED) is 0.0974. The number of carbonyl (C=O) groups excluding carboxylic acids is 1. The van der Waals surface area contributed by atoms with Gasteiger partial charge in [-0.25, -0.2) is 18.1 Å². The molecule has 0 radical (unpaired) electrons. The summed E-state index contributed by atoms with van der Waals surface area (Å²) >= 11 is 0. The van der Waals surface area contributed by atoms with Crippen LogP contribution in [0.25, 0.3) is 32.6 Å². The molecule has 1 heterocycles. The Labute approximate surface area is 272 Å². The second-order valence-corrected chi connectivity index (χ2v) is 13.9. The third-order valence-electron chi connectivity index (χ3n) is 8.11. The first-order valence-corrected chi connectivity index (χ1v) is 17.3. The van der Waals surface area contributed by atoms with Crippen molar-refractivity contribution in [2.24, 2.45) is 0 Å². The molecule has 0 fully saturated rings. The van der Waals surface area contributed by atoms with E-state index in [9.17, 15) is 13.2 Å². The van der Waals surface area contributed by atoms with Crippen molar-refractivity contribution in [2.45, 2.75) is 30.6 Å². The smallest absolute Gasteiger partial charge is 0.251 e. The summed E-state index contributed by atoms with van der Waals surface area (Å²) < 4.78 is 28.7. The van der Waals surface area contributed by atoms with Crippen molar-refractivity contribution in [3.63, 3.8) is 0 Å². The Balaban J connectivity index is 1.14. The van der Waals surface area contributed by atoms with Gasteiger partial charge in [-0.15, -0.1) is 0 Å². The number of fused-ring (bicyclic) bond motifs is 3. The van der Waals surface area contributed by atoms with Crippen LogP contribution in [-0.2, 0) is 10.0 Å². The molecule has 9 nitrogen and oxygen atoms in total. The van der Waals surface area contributed by atoms with Crippen LogP contribution in [0.15, 0.2) is 83.8 Å². The SMILES string of the molecule is CN(C)CCNC(=O)c1ccc2c(NCCCCCCNS(=O)(=O)c3ccc4c(N(C)C)cccc4c3)c3ccccc3nc2c1. The summed E-state index contributed by atoms with van der Waals surface area (Å²) in [7, 11) is 4.33. The second kappa shape index (κ2) is 14.9. The summed E-state index contributed by atoms with van der Waals surface area (Å²) in [4.78, 5) is 21.9. The summed E-state index contributed by atoms with van der Waals surface area (Å²) in [5.74, 6) is -0.105. The number of aromatic nitrogens is 1. The van der Waals surface area contributed by atoms with E-state index >= 15 is 0 Å². The van der Waals surface area contributed by atoms with Crippen molar-refractivity contribution < 1.29 is 13.2 Å². The van der Waals surface area contributed by atoms with Gasteiger partial charge in [-0.3, -0.25) is 4.79 Å². The number of anilines is 2. The van der Waals surface area contributed by atoms with Crippen LogP contribution < -0.4 is 20.3 Å². The molecule has 0 unspecified atom stereocenters. The van der Waals surface area contributed by atoms with Crippen LogP contribution in [0, 0.1) is 0 Å². The standard InChI is InChI=1S/C36H44N6O3S/c1-41(2)23-22-38-36(43)27-16-18-31-33(25-27)40-32-14-8-7-13-30(32)35(31)37-20-9-5-6-10-21-39-46(44,45)28-17-19-29-26(24-28)12-11-15-34(29)42(3)4/h7-8,11-19,24-25,39H,5-6,9-10,20-23H2,1-4H3,(H,37,40)(H,38,43). The number of hydrogen-bond donors (Lipinski definition) is 3. The highest BCUT2D eigenvalue weighted by molar-refractivity contribution is 7.89. The van der Waals surface area contributed by atoms with E-state index in [1.54, 1.807) is 12.1 Å². The zero-order valence-electron chi connectivity index (χ0n) is 27.1. The number of rotatable bonds is 15. The summed E-state index contributed by atoms with van der Waals surface area (Å²) in [6.45, 7) is 2.52. The minimum atomic E-state index is -3.59. The fourth-order valence-corrected chi connectivity index (χ4v) is 6.74. The van der Waals surface area contributed by atoms with E-state index in [0.717, 1.165) is 82.7 Å². The molecule has 242 valence electrons. The van der Waals surface area contributed by atoms with Gasteiger partial charge in [-0.05, 0) is 74.8 Å². The van der Waals surface area contributed by atoms with Gasteiger partial charge in [0.1, 0.15) is 0 Å². The number of likely N-dealkylation sites (N-methyl/N-ethyl adjacent to an activating group) is 1. The second-order valence-electron chi connectivity index (χ2n) is 12.1. The minimum Gasteiger partial charge on any atom is -0.384 e. The highest BCUT2D eigenvalue weighted by Crippen LogP contribution is 2.31. The van der Waals surface area contributed by atoms with Crippen LogP contribution in [0.5, 0.6) is 0 Å². The molecule has 10 heteroatoms. The van der Waals surface area contributed by atoms with E-state index in [1.807, 2.05) is 98.7 Å². The number of nitrogens with one attached hydrogen (secondary N) is 3. The first kappa shape index (κ1) is 33.1. The van der Waals surface area contributed by atoms with Crippen molar-refractivity contribution in [3.8, 4) is 0 Å². The molecule has 46 heavy (non-hydrogen) atoms. The number of hydrogen-bond acceptors (Lipinski definition) is 7. The fraction of sp³-hybridized carbons (Fsp3) is 0.333. The van der Waals surface area contributed by atoms with Crippen molar-refractivity contribution in [1.29, 1.82) is 0 Å². The van der Waals surface area contributed by atoms with Gasteiger partial charge in [0.25, 0.3) is 5.91 Å². The Morgan fingerprint density at radius 3 is 2.26 bits per heavy atom. The molecule has 0 aliphatic rings. The molecule has 0 spiro atoms. The lowest BCUT2D eigenvalue weighted by Gasteiger charge is -2.16. The lowest BCUT2D eigenvalue weighted by Crippen LogP contribution is -2.31. The fourth-order valence-electron chi connectivity index (χ4n) is 5.63. The molecule has 0 saturated heterocycles. The molecule has 5 aromatic rings. The van der Waals surface area contributed by atoms with Crippen LogP contribution in [0.4, 0.5) is 11.4 Å². The van der Waals surface area contributed by atoms with Crippen LogP contribution in [0.3, 0.4) is 0 Å². The zero-order valence-corrected chi connectivity index (χ0v) is 28.0. The Bertz CT molecular complexity index is 1940. The van der Waals surface area contributed by atoms with Gasteiger partial charge in [0.05, 0.1) is 21.6 Å². The molecule has 0 aliphatic carbocycles. The van der Waals surface area contributed by atoms with Crippen molar-refractivity contribution in [1.82, 2.24) is 19.9 Å². The summed E-state index contributed by atoms with van der Waals surface area (Å²) in [5, 5.41) is 10.5. The molecule has 0 aliphatic heterocycles. The van der Waals surface area contributed by atoms with Gasteiger partial charge < -0.3 is 20.4 Å². The molecule has 0 bridgehead atoms. The first-order valence-electron chi connectivity index (χ1n) is 15.8. The number of amides is 1. The van der Waals surface area contributed by atoms with Crippen molar-refractivity contribution in [3.05, 3.63) is 84.4 Å². The normalized spacial score (nSPS) is 11.8. The molecule has 5 rings (SSSR count). The Kier molecular flexibility index (Phi) is 10.7. The number of unbranched alkanes of at least 4 members (excludes halogenated alkanes) is 3. The largest absolute Gasteiger partial charge is 0.384 e. The van der Waals surface area contributed by atoms with Crippen molar-refractivity contribution in [2.75, 3.05) is 64.6 Å². The average Bonchev–Trinajstić information content (AvgIpc) is 3.04. The molecular formula is C36H44N6O3S. The number of carbonyl (C=O) groups is 1. The molecule has 3 N–H and O–H groups in total. The number of pyridine rings is 1. The average molecular weight is 641 g/mol. The predicted molar refractivity (Wildman–Crippen MR) is 191 cm³/mol.